The molecule has 36 heavy (non-hydrogen) atoms. The summed E-state index contributed by atoms with van der Waals surface area (Å²) >= 11 is 0. The topological polar surface area (TPSA) is 61.6 Å². The van der Waals surface area contributed by atoms with Gasteiger partial charge in [-0.15, -0.1) is 0 Å². The third-order valence-electron chi connectivity index (χ3n) is 7.09. The summed E-state index contributed by atoms with van der Waals surface area (Å²) in [6, 6.07) is 28.0. The van der Waals surface area contributed by atoms with Gasteiger partial charge in [0.25, 0.3) is 0 Å². The van der Waals surface area contributed by atoms with Gasteiger partial charge in [0.2, 0.25) is 5.89 Å². The highest BCUT2D eigenvalue weighted by molar-refractivity contribution is 5.77. The van der Waals surface area contributed by atoms with Crippen LogP contribution in [0.15, 0.2) is 89.3 Å². The summed E-state index contributed by atoms with van der Waals surface area (Å²) in [6.45, 7) is 1.42. The van der Waals surface area contributed by atoms with Crippen LogP contribution in [-0.2, 0) is 21.6 Å². The van der Waals surface area contributed by atoms with E-state index < -0.39 is 5.60 Å². The smallest absolute Gasteiger partial charge is 0.308 e. The first-order chi connectivity index (χ1) is 17.6. The van der Waals surface area contributed by atoms with E-state index in [4.69, 9.17) is 18.9 Å². The molecule has 0 spiro atoms. The molecule has 1 heterocycles. The minimum absolute atomic E-state index is 0.162. The third-order valence-corrected chi connectivity index (χ3v) is 7.09. The van der Waals surface area contributed by atoms with Gasteiger partial charge in [-0.05, 0) is 37.0 Å². The van der Waals surface area contributed by atoms with Gasteiger partial charge >= 0.3 is 5.97 Å². The van der Waals surface area contributed by atoms with Crippen molar-refractivity contribution < 1.29 is 18.7 Å². The predicted octanol–water partition coefficient (Wildman–Crippen LogP) is 7.21. The number of nitrogens with zero attached hydrogens (tertiary/aromatic N) is 1. The number of rotatable bonds is 7. The lowest BCUT2D eigenvalue weighted by molar-refractivity contribution is -0.131. The third kappa shape index (κ3) is 4.84. The molecule has 0 saturated heterocycles. The first kappa shape index (κ1) is 24.0. The molecular weight excluding hydrogens is 450 g/mol. The van der Waals surface area contributed by atoms with E-state index >= 15 is 0 Å². The zero-order valence-electron chi connectivity index (χ0n) is 20.8. The van der Waals surface area contributed by atoms with Crippen molar-refractivity contribution in [3.63, 3.8) is 0 Å². The van der Waals surface area contributed by atoms with Crippen LogP contribution in [0.5, 0.6) is 5.75 Å². The minimum atomic E-state index is -0.647. The van der Waals surface area contributed by atoms with Crippen molar-refractivity contribution in [2.75, 3.05) is 7.11 Å². The van der Waals surface area contributed by atoms with Crippen LogP contribution in [0.1, 0.15) is 44.1 Å². The maximum Gasteiger partial charge on any atom is 0.308 e. The molecule has 4 aromatic rings. The number of oxazole rings is 1. The maximum atomic E-state index is 11.5. The van der Waals surface area contributed by atoms with Gasteiger partial charge in [0, 0.05) is 31.1 Å². The first-order valence-electron chi connectivity index (χ1n) is 12.5. The van der Waals surface area contributed by atoms with Crippen molar-refractivity contribution >= 4 is 5.97 Å². The molecular formula is C31H31NO4. The normalized spacial score (nSPS) is 19.7. The van der Waals surface area contributed by atoms with Gasteiger partial charge in [0.05, 0.1) is 0 Å². The summed E-state index contributed by atoms with van der Waals surface area (Å²) in [5.41, 5.74) is 3.28. The summed E-state index contributed by atoms with van der Waals surface area (Å²) in [5, 5.41) is 0. The average molecular weight is 482 g/mol. The van der Waals surface area contributed by atoms with E-state index in [9.17, 15) is 4.79 Å². The SMILES string of the molecule is COC1(c2nc(-c3ccccc3)c(-c3ccccc3)o2)CCCCC1Cc1cccc(OC(C)=O)c1. The van der Waals surface area contributed by atoms with Crippen molar-refractivity contribution in [1.82, 2.24) is 4.98 Å². The Balaban J connectivity index is 1.56. The second-order valence-electron chi connectivity index (χ2n) is 9.41. The molecule has 3 aromatic carbocycles. The Hall–Kier alpha value is -3.70. The molecule has 0 aliphatic heterocycles. The molecule has 1 aliphatic rings. The van der Waals surface area contributed by atoms with E-state index in [1.54, 1.807) is 7.11 Å². The van der Waals surface area contributed by atoms with Gasteiger partial charge in [-0.3, -0.25) is 4.79 Å². The Kier molecular flexibility index (Phi) is 7.01. The monoisotopic (exact) mass is 481 g/mol. The quantitative estimate of drug-likeness (QED) is 0.206. The first-order valence-corrected chi connectivity index (χ1v) is 12.5. The highest BCUT2D eigenvalue weighted by Crippen LogP contribution is 2.48. The average Bonchev–Trinajstić information content (AvgIpc) is 3.36. The van der Waals surface area contributed by atoms with Crippen LogP contribution >= 0.6 is 0 Å². The van der Waals surface area contributed by atoms with Gasteiger partial charge in [-0.2, -0.15) is 0 Å². The van der Waals surface area contributed by atoms with Gasteiger partial charge in [0.1, 0.15) is 17.0 Å². The predicted molar refractivity (Wildman–Crippen MR) is 139 cm³/mol. The molecule has 5 nitrogen and oxygen atoms in total. The minimum Gasteiger partial charge on any atom is -0.437 e. The van der Waals surface area contributed by atoms with E-state index in [-0.39, 0.29) is 11.9 Å². The van der Waals surface area contributed by atoms with E-state index in [0.29, 0.717) is 11.6 Å². The van der Waals surface area contributed by atoms with Crippen molar-refractivity contribution in [1.29, 1.82) is 0 Å². The van der Waals surface area contributed by atoms with Crippen molar-refractivity contribution in [2.45, 2.75) is 44.6 Å². The number of carbonyl (C=O) groups is 1. The summed E-state index contributed by atoms with van der Waals surface area (Å²) in [6.07, 6.45) is 4.77. The van der Waals surface area contributed by atoms with Crippen LogP contribution in [-0.4, -0.2) is 18.1 Å². The number of methoxy groups -OCH3 is 1. The fourth-order valence-electron chi connectivity index (χ4n) is 5.38. The van der Waals surface area contributed by atoms with Crippen LogP contribution in [0.3, 0.4) is 0 Å². The number of benzene rings is 3. The van der Waals surface area contributed by atoms with Gasteiger partial charge < -0.3 is 13.9 Å². The Morgan fingerprint density at radius 2 is 1.69 bits per heavy atom. The Morgan fingerprint density at radius 1 is 0.972 bits per heavy atom. The van der Waals surface area contributed by atoms with Gasteiger partial charge in [-0.1, -0.05) is 85.6 Å². The molecule has 5 heteroatoms. The summed E-state index contributed by atoms with van der Waals surface area (Å²) < 4.78 is 18.3. The summed E-state index contributed by atoms with van der Waals surface area (Å²) in [5.74, 6) is 1.79. The van der Waals surface area contributed by atoms with Crippen LogP contribution in [0, 0.1) is 5.92 Å². The summed E-state index contributed by atoms with van der Waals surface area (Å²) in [4.78, 5) is 16.6. The molecule has 2 unspecified atom stereocenters. The molecule has 0 amide bonds. The van der Waals surface area contributed by atoms with Gasteiger partial charge in [-0.25, -0.2) is 4.98 Å². The van der Waals surface area contributed by atoms with E-state index in [1.807, 2.05) is 54.6 Å². The fourth-order valence-corrected chi connectivity index (χ4v) is 5.38. The number of hydrogen-bond donors (Lipinski definition) is 0. The van der Waals surface area contributed by atoms with Crippen LogP contribution < -0.4 is 4.74 Å². The Morgan fingerprint density at radius 3 is 2.39 bits per heavy atom. The zero-order chi connectivity index (χ0) is 25.0. The second kappa shape index (κ2) is 10.5. The summed E-state index contributed by atoms with van der Waals surface area (Å²) in [7, 11) is 1.77. The zero-order valence-corrected chi connectivity index (χ0v) is 20.8. The van der Waals surface area contributed by atoms with Gasteiger partial charge in [0.15, 0.2) is 5.76 Å². The van der Waals surface area contributed by atoms with Crippen LogP contribution in [0.4, 0.5) is 0 Å². The molecule has 5 rings (SSSR count). The highest BCUT2D eigenvalue weighted by atomic mass is 16.5. The van der Waals surface area contributed by atoms with Crippen molar-refractivity contribution in [3.05, 3.63) is 96.4 Å². The van der Waals surface area contributed by atoms with E-state index in [1.165, 1.54) is 6.92 Å². The molecule has 1 saturated carbocycles. The maximum absolute atomic E-state index is 11.5. The fraction of sp³-hybridized carbons (Fsp3) is 0.290. The van der Waals surface area contributed by atoms with E-state index in [2.05, 4.69) is 30.3 Å². The van der Waals surface area contributed by atoms with Crippen LogP contribution in [0.2, 0.25) is 0 Å². The lowest BCUT2D eigenvalue weighted by Gasteiger charge is -2.41. The number of carbonyl (C=O) groups excluding carboxylic acids is 1. The standard InChI is InChI=1S/C31H31NO4/c1-22(33)35-27-18-11-12-23(21-27)20-26-17-9-10-19-31(26,34-2)30-32-28(24-13-5-3-6-14-24)29(36-30)25-15-7-4-8-16-25/h3-8,11-16,18,21,26H,9-10,17,19-20H2,1-2H3. The lowest BCUT2D eigenvalue weighted by atomic mass is 9.72. The molecule has 1 aromatic heterocycles. The lowest BCUT2D eigenvalue weighted by Crippen LogP contribution is -2.41. The van der Waals surface area contributed by atoms with E-state index in [0.717, 1.165) is 60.2 Å². The molecule has 0 radical (unpaired) electrons. The Bertz CT molecular complexity index is 1260. The molecule has 2 atom stereocenters. The molecule has 184 valence electrons. The molecule has 0 bridgehead atoms. The second-order valence-corrected chi connectivity index (χ2v) is 9.41. The molecule has 1 fully saturated rings. The van der Waals surface area contributed by atoms with Crippen LogP contribution in [0.25, 0.3) is 22.6 Å². The number of esters is 1. The largest absolute Gasteiger partial charge is 0.437 e. The molecule has 1 aliphatic carbocycles. The number of aromatic nitrogens is 1. The molecule has 0 N–H and O–H groups in total. The Labute approximate surface area is 212 Å². The highest BCUT2D eigenvalue weighted by Gasteiger charge is 2.47. The number of hydrogen-bond acceptors (Lipinski definition) is 5. The van der Waals surface area contributed by atoms with Crippen molar-refractivity contribution in [3.8, 4) is 28.3 Å². The number of ether oxygens (including phenoxy) is 2. The van der Waals surface area contributed by atoms with Crippen molar-refractivity contribution in [2.24, 2.45) is 5.92 Å².